The Morgan fingerprint density at radius 1 is 1.20 bits per heavy atom. The van der Waals surface area contributed by atoms with E-state index in [0.29, 0.717) is 42.5 Å². The molecule has 2 aromatic carbocycles. The maximum absolute atomic E-state index is 12.6. The van der Waals surface area contributed by atoms with Gasteiger partial charge in [0.1, 0.15) is 18.5 Å². The molecule has 162 valence electrons. The highest BCUT2D eigenvalue weighted by atomic mass is 32.2. The average molecular weight is 435 g/mol. The van der Waals surface area contributed by atoms with Crippen molar-refractivity contribution in [2.75, 3.05) is 30.8 Å². The van der Waals surface area contributed by atoms with E-state index < -0.39 is 16.1 Å². The maximum Gasteiger partial charge on any atom is 0.261 e. The van der Waals surface area contributed by atoms with Crippen molar-refractivity contribution >= 4 is 21.6 Å². The summed E-state index contributed by atoms with van der Waals surface area (Å²) in [7, 11) is -1.87. The number of benzene rings is 2. The zero-order valence-electron chi connectivity index (χ0n) is 17.2. The Bertz CT molecular complexity index is 977. The molecule has 2 atom stereocenters. The van der Waals surface area contributed by atoms with E-state index in [4.69, 9.17) is 14.2 Å². The lowest BCUT2D eigenvalue weighted by atomic mass is 10.2. The van der Waals surface area contributed by atoms with Gasteiger partial charge in [0, 0.05) is 7.05 Å². The number of fused-ring (bicyclic) bond motifs is 1. The summed E-state index contributed by atoms with van der Waals surface area (Å²) in [5.74, 6) is 1.58. The zero-order valence-corrected chi connectivity index (χ0v) is 18.0. The van der Waals surface area contributed by atoms with Gasteiger partial charge in [-0.05, 0) is 42.8 Å². The molecule has 1 aliphatic heterocycles. The van der Waals surface area contributed by atoms with Gasteiger partial charge in [-0.15, -0.1) is 0 Å². The first-order chi connectivity index (χ1) is 14.3. The number of hydrogen-bond acceptors (Lipinski definition) is 6. The number of carbonyl (C=O) groups is 1. The molecule has 0 aliphatic carbocycles. The monoisotopic (exact) mass is 434 g/mol. The topological polar surface area (TPSA) is 94.2 Å². The summed E-state index contributed by atoms with van der Waals surface area (Å²) in [4.78, 5) is 12.6. The molecule has 0 saturated carbocycles. The molecule has 30 heavy (non-hydrogen) atoms. The first kappa shape index (κ1) is 21.8. The van der Waals surface area contributed by atoms with E-state index in [1.165, 1.54) is 11.4 Å². The molecular weight excluding hydrogens is 408 g/mol. The molecule has 8 nitrogen and oxygen atoms in total. The van der Waals surface area contributed by atoms with Gasteiger partial charge in [0.25, 0.3) is 5.91 Å². The summed E-state index contributed by atoms with van der Waals surface area (Å²) in [6, 6.07) is 13.9. The molecule has 0 radical (unpaired) electrons. The van der Waals surface area contributed by atoms with E-state index in [1.807, 2.05) is 31.2 Å². The number of nitrogens with one attached hydrogen (secondary N) is 1. The average Bonchev–Trinajstić information content (AvgIpc) is 2.75. The van der Waals surface area contributed by atoms with Gasteiger partial charge in [-0.1, -0.05) is 19.1 Å². The predicted octanol–water partition coefficient (Wildman–Crippen LogP) is 2.20. The minimum absolute atomic E-state index is 0.253. The number of amides is 1. The van der Waals surface area contributed by atoms with Gasteiger partial charge in [0.2, 0.25) is 10.0 Å². The Balaban J connectivity index is 1.54. The lowest BCUT2D eigenvalue weighted by molar-refractivity contribution is -0.128. The Morgan fingerprint density at radius 2 is 1.87 bits per heavy atom. The lowest BCUT2D eigenvalue weighted by Crippen LogP contribution is -2.45. The molecule has 1 N–H and O–H groups in total. The largest absolute Gasteiger partial charge is 0.486 e. The number of para-hydroxylation sites is 2. The second-order valence-electron chi connectivity index (χ2n) is 6.98. The number of rotatable bonds is 8. The molecule has 1 heterocycles. The van der Waals surface area contributed by atoms with E-state index in [0.717, 1.165) is 6.26 Å². The molecule has 0 spiro atoms. The predicted molar refractivity (Wildman–Crippen MR) is 114 cm³/mol. The Hall–Kier alpha value is -2.94. The van der Waals surface area contributed by atoms with Gasteiger partial charge in [-0.2, -0.15) is 0 Å². The fraction of sp³-hybridized carbons (Fsp3) is 0.381. The molecular formula is C21H26N2O6S. The van der Waals surface area contributed by atoms with Gasteiger partial charge < -0.3 is 19.5 Å². The summed E-state index contributed by atoms with van der Waals surface area (Å²) in [6.07, 6.45) is 0.642. The third-order valence-electron chi connectivity index (χ3n) is 4.71. The van der Waals surface area contributed by atoms with Gasteiger partial charge in [-0.25, -0.2) is 8.42 Å². The number of carbonyl (C=O) groups excluding carboxylic acids is 1. The first-order valence-corrected chi connectivity index (χ1v) is 11.5. The minimum Gasteiger partial charge on any atom is -0.486 e. The molecule has 0 aromatic heterocycles. The van der Waals surface area contributed by atoms with E-state index in [9.17, 15) is 13.2 Å². The van der Waals surface area contributed by atoms with Crippen LogP contribution in [0.4, 0.5) is 5.69 Å². The summed E-state index contributed by atoms with van der Waals surface area (Å²) in [6.45, 7) is 2.50. The van der Waals surface area contributed by atoms with Crippen LogP contribution >= 0.6 is 0 Å². The second-order valence-corrected chi connectivity index (χ2v) is 9.00. The van der Waals surface area contributed by atoms with E-state index >= 15 is 0 Å². The van der Waals surface area contributed by atoms with Crippen LogP contribution in [-0.2, 0) is 14.8 Å². The Kier molecular flexibility index (Phi) is 6.71. The molecule has 2 aromatic rings. The third kappa shape index (κ3) is 5.35. The first-order valence-electron chi connectivity index (χ1n) is 9.64. The van der Waals surface area contributed by atoms with Gasteiger partial charge in [0.05, 0.1) is 18.5 Å². The van der Waals surface area contributed by atoms with Crippen LogP contribution in [-0.4, -0.2) is 53.0 Å². The standard InChI is InChI=1S/C21H26N2O6S/c1-4-18(28-16-11-9-15(10-12-16)23(2)30(3,25)26)21(24)22-13-17-14-27-19-7-5-6-8-20(19)29-17/h5-12,17-18H,4,13-14H2,1-3H3,(H,22,24). The van der Waals surface area contributed by atoms with Crippen molar-refractivity contribution in [3.8, 4) is 17.2 Å². The highest BCUT2D eigenvalue weighted by Gasteiger charge is 2.24. The second kappa shape index (κ2) is 9.25. The molecule has 0 bridgehead atoms. The fourth-order valence-electron chi connectivity index (χ4n) is 2.90. The molecule has 3 rings (SSSR count). The molecule has 0 fully saturated rings. The van der Waals surface area contributed by atoms with Crippen LogP contribution in [0.5, 0.6) is 17.2 Å². The molecule has 1 aliphatic rings. The van der Waals surface area contributed by atoms with Crippen LogP contribution in [0.15, 0.2) is 48.5 Å². The third-order valence-corrected chi connectivity index (χ3v) is 5.92. The number of anilines is 1. The van der Waals surface area contributed by atoms with Crippen molar-refractivity contribution in [2.45, 2.75) is 25.6 Å². The summed E-state index contributed by atoms with van der Waals surface area (Å²) < 4.78 is 41.7. The number of hydrogen-bond donors (Lipinski definition) is 1. The summed E-state index contributed by atoms with van der Waals surface area (Å²) in [5.41, 5.74) is 0.511. The summed E-state index contributed by atoms with van der Waals surface area (Å²) in [5, 5.41) is 2.85. The fourth-order valence-corrected chi connectivity index (χ4v) is 3.41. The van der Waals surface area contributed by atoms with Crippen LogP contribution in [0.2, 0.25) is 0 Å². The SMILES string of the molecule is CCC(Oc1ccc(N(C)S(C)(=O)=O)cc1)C(=O)NCC1COc2ccccc2O1. The van der Waals surface area contributed by atoms with Crippen molar-refractivity contribution in [1.82, 2.24) is 5.32 Å². The van der Waals surface area contributed by atoms with Crippen molar-refractivity contribution < 1.29 is 27.4 Å². The van der Waals surface area contributed by atoms with Gasteiger partial charge >= 0.3 is 0 Å². The molecule has 1 amide bonds. The highest BCUT2D eigenvalue weighted by molar-refractivity contribution is 7.92. The smallest absolute Gasteiger partial charge is 0.261 e. The van der Waals surface area contributed by atoms with Crippen LogP contribution in [0, 0.1) is 0 Å². The highest BCUT2D eigenvalue weighted by Crippen LogP contribution is 2.30. The van der Waals surface area contributed by atoms with Crippen molar-refractivity contribution in [3.63, 3.8) is 0 Å². The minimum atomic E-state index is -3.34. The zero-order chi connectivity index (χ0) is 21.7. The van der Waals surface area contributed by atoms with Crippen molar-refractivity contribution in [1.29, 1.82) is 0 Å². The molecule has 9 heteroatoms. The quantitative estimate of drug-likeness (QED) is 0.685. The molecule has 2 unspecified atom stereocenters. The van der Waals surface area contributed by atoms with Crippen LogP contribution < -0.4 is 23.8 Å². The van der Waals surface area contributed by atoms with E-state index in [2.05, 4.69) is 5.32 Å². The number of sulfonamides is 1. The maximum atomic E-state index is 12.6. The van der Waals surface area contributed by atoms with Crippen molar-refractivity contribution in [2.24, 2.45) is 0 Å². The lowest BCUT2D eigenvalue weighted by Gasteiger charge is -2.27. The Labute approximate surface area is 176 Å². The van der Waals surface area contributed by atoms with E-state index in [-0.39, 0.29) is 12.0 Å². The van der Waals surface area contributed by atoms with Crippen LogP contribution in [0.25, 0.3) is 0 Å². The van der Waals surface area contributed by atoms with Crippen molar-refractivity contribution in [3.05, 3.63) is 48.5 Å². The number of ether oxygens (including phenoxy) is 3. The van der Waals surface area contributed by atoms with Gasteiger partial charge in [0.15, 0.2) is 17.6 Å². The van der Waals surface area contributed by atoms with Gasteiger partial charge in [-0.3, -0.25) is 9.10 Å². The normalized spacial score (nSPS) is 16.4. The molecule has 0 saturated heterocycles. The summed E-state index contributed by atoms with van der Waals surface area (Å²) >= 11 is 0. The Morgan fingerprint density at radius 3 is 2.50 bits per heavy atom. The number of nitrogens with zero attached hydrogens (tertiary/aromatic N) is 1. The van der Waals surface area contributed by atoms with Crippen LogP contribution in [0.1, 0.15) is 13.3 Å². The van der Waals surface area contributed by atoms with Crippen LogP contribution in [0.3, 0.4) is 0 Å². The van der Waals surface area contributed by atoms with E-state index in [1.54, 1.807) is 24.3 Å².